The number of aliphatic hydroxyl groups is 2. The highest BCUT2D eigenvalue weighted by Crippen LogP contribution is 2.37. The van der Waals surface area contributed by atoms with E-state index < -0.39 is 6.10 Å². The third-order valence-corrected chi connectivity index (χ3v) is 3.39. The minimum Gasteiger partial charge on any atom is -0.394 e. The summed E-state index contributed by atoms with van der Waals surface area (Å²) in [4.78, 5) is 18.4. The second kappa shape index (κ2) is 4.99. The summed E-state index contributed by atoms with van der Waals surface area (Å²) in [5, 5.41) is 18.5. The number of rotatable bonds is 5. The van der Waals surface area contributed by atoms with Gasteiger partial charge in [0.15, 0.2) is 0 Å². The van der Waals surface area contributed by atoms with Gasteiger partial charge in [0.2, 0.25) is 0 Å². The summed E-state index contributed by atoms with van der Waals surface area (Å²) in [7, 11) is 0. The Labute approximate surface area is 96.9 Å². The number of thioether (sulfide) groups is 1. The number of aromatic amines is 1. The topological polar surface area (TPSA) is 86.2 Å². The maximum Gasteiger partial charge on any atom is 0.251 e. The maximum absolute atomic E-state index is 11.3. The lowest BCUT2D eigenvalue weighted by molar-refractivity contribution is 0.113. The largest absolute Gasteiger partial charge is 0.394 e. The lowest BCUT2D eigenvalue weighted by Crippen LogP contribution is -2.16. The molecule has 0 aromatic carbocycles. The fourth-order valence-electron chi connectivity index (χ4n) is 1.31. The molecular weight excluding hydrogens is 228 g/mol. The molecule has 16 heavy (non-hydrogen) atoms. The summed E-state index contributed by atoms with van der Waals surface area (Å²) in [5.41, 5.74) is -0.155. The van der Waals surface area contributed by atoms with Crippen molar-refractivity contribution in [3.63, 3.8) is 0 Å². The molecular formula is C10H14N2O3S. The monoisotopic (exact) mass is 242 g/mol. The highest BCUT2D eigenvalue weighted by atomic mass is 32.2. The van der Waals surface area contributed by atoms with Gasteiger partial charge in [-0.3, -0.25) is 4.79 Å². The van der Waals surface area contributed by atoms with Crippen LogP contribution in [-0.2, 0) is 0 Å². The first-order valence-electron chi connectivity index (χ1n) is 5.22. The van der Waals surface area contributed by atoms with Gasteiger partial charge in [-0.15, -0.1) is 11.8 Å². The van der Waals surface area contributed by atoms with Crippen LogP contribution in [0.2, 0.25) is 0 Å². The van der Waals surface area contributed by atoms with E-state index in [1.54, 1.807) is 0 Å². The summed E-state index contributed by atoms with van der Waals surface area (Å²) in [6.45, 7) is -0.272. The van der Waals surface area contributed by atoms with Crippen molar-refractivity contribution in [1.82, 2.24) is 9.97 Å². The molecule has 0 bridgehead atoms. The molecule has 1 aromatic heterocycles. The zero-order valence-corrected chi connectivity index (χ0v) is 9.54. The average Bonchev–Trinajstić information content (AvgIpc) is 3.09. The fraction of sp³-hybridized carbons (Fsp3) is 0.600. The predicted molar refractivity (Wildman–Crippen MR) is 60.6 cm³/mol. The first-order chi connectivity index (χ1) is 7.69. The third-order valence-electron chi connectivity index (χ3n) is 2.33. The van der Waals surface area contributed by atoms with Crippen molar-refractivity contribution in [3.8, 4) is 0 Å². The second-order valence-electron chi connectivity index (χ2n) is 3.89. The molecule has 1 heterocycles. The molecule has 88 valence electrons. The summed E-state index contributed by atoms with van der Waals surface area (Å²) in [5.74, 6) is 1.49. The van der Waals surface area contributed by atoms with Crippen LogP contribution in [0.4, 0.5) is 0 Å². The molecule has 1 saturated carbocycles. The van der Waals surface area contributed by atoms with Crippen molar-refractivity contribution in [2.24, 2.45) is 0 Å². The Morgan fingerprint density at radius 2 is 2.38 bits per heavy atom. The van der Waals surface area contributed by atoms with Gasteiger partial charge in [0.1, 0.15) is 10.9 Å². The molecule has 1 aromatic rings. The Kier molecular flexibility index (Phi) is 3.63. The quantitative estimate of drug-likeness (QED) is 0.503. The second-order valence-corrected chi connectivity index (χ2v) is 4.93. The number of hydrogen-bond acceptors (Lipinski definition) is 5. The lowest BCUT2D eigenvalue weighted by Gasteiger charge is -2.06. The van der Waals surface area contributed by atoms with Gasteiger partial charge < -0.3 is 15.2 Å². The minimum atomic E-state index is -0.768. The molecule has 5 nitrogen and oxygen atoms in total. The smallest absolute Gasteiger partial charge is 0.251 e. The predicted octanol–water partition coefficient (Wildman–Crippen LogP) is 0.0926. The Balaban J connectivity index is 2.05. The summed E-state index contributed by atoms with van der Waals surface area (Å²) in [6, 6.07) is 1.42. The maximum atomic E-state index is 11.3. The molecule has 0 saturated heterocycles. The van der Waals surface area contributed by atoms with E-state index >= 15 is 0 Å². The number of nitrogens with one attached hydrogen (secondary N) is 1. The molecule has 1 aliphatic rings. The van der Waals surface area contributed by atoms with Crippen LogP contribution in [0.3, 0.4) is 0 Å². The Hall–Kier alpha value is -0.850. The number of hydrogen-bond donors (Lipinski definition) is 3. The number of aromatic nitrogens is 2. The van der Waals surface area contributed by atoms with Crippen molar-refractivity contribution >= 4 is 11.8 Å². The van der Waals surface area contributed by atoms with Gasteiger partial charge in [-0.1, -0.05) is 0 Å². The molecule has 2 rings (SSSR count). The van der Waals surface area contributed by atoms with Crippen LogP contribution < -0.4 is 5.56 Å². The SMILES string of the molecule is O=c1cc(SCC(O)CO)nc(C2CC2)[nH]1. The number of nitrogens with zero attached hydrogens (tertiary/aromatic N) is 1. The molecule has 6 heteroatoms. The highest BCUT2D eigenvalue weighted by molar-refractivity contribution is 7.99. The molecule has 1 fully saturated rings. The van der Waals surface area contributed by atoms with Crippen molar-refractivity contribution in [2.45, 2.75) is 29.9 Å². The Morgan fingerprint density at radius 1 is 1.62 bits per heavy atom. The molecule has 0 amide bonds. The van der Waals surface area contributed by atoms with Crippen molar-refractivity contribution in [3.05, 3.63) is 22.2 Å². The lowest BCUT2D eigenvalue weighted by atomic mass is 10.4. The average molecular weight is 242 g/mol. The highest BCUT2D eigenvalue weighted by Gasteiger charge is 2.26. The van der Waals surface area contributed by atoms with Crippen LogP contribution in [0.15, 0.2) is 15.9 Å². The van der Waals surface area contributed by atoms with Crippen molar-refractivity contribution in [2.75, 3.05) is 12.4 Å². The van der Waals surface area contributed by atoms with E-state index in [0.29, 0.717) is 16.7 Å². The van der Waals surface area contributed by atoms with Crippen LogP contribution in [0.25, 0.3) is 0 Å². The van der Waals surface area contributed by atoms with Crippen molar-refractivity contribution in [1.29, 1.82) is 0 Å². The number of aliphatic hydroxyl groups excluding tert-OH is 2. The summed E-state index contributed by atoms with van der Waals surface area (Å²) >= 11 is 1.29. The molecule has 1 aliphatic carbocycles. The normalized spacial score (nSPS) is 17.4. The molecule has 0 aliphatic heterocycles. The standard InChI is InChI=1S/C10H14N2O3S/c13-4-7(14)5-16-9-3-8(15)11-10(12-9)6-1-2-6/h3,6-7,13-14H,1-2,4-5H2,(H,11,12,15). The zero-order chi connectivity index (χ0) is 11.5. The van der Waals surface area contributed by atoms with E-state index in [1.807, 2.05) is 0 Å². The van der Waals surface area contributed by atoms with Crippen molar-refractivity contribution < 1.29 is 10.2 Å². The van der Waals surface area contributed by atoms with E-state index in [4.69, 9.17) is 5.11 Å². The van der Waals surface area contributed by atoms with Gasteiger partial charge in [0.05, 0.1) is 12.7 Å². The molecule has 3 N–H and O–H groups in total. The van der Waals surface area contributed by atoms with E-state index in [9.17, 15) is 9.90 Å². The van der Waals surface area contributed by atoms with Crippen LogP contribution in [0.1, 0.15) is 24.6 Å². The molecule has 1 unspecified atom stereocenters. The van der Waals surface area contributed by atoms with Gasteiger partial charge in [-0.2, -0.15) is 0 Å². The van der Waals surface area contributed by atoms with Gasteiger partial charge in [-0.05, 0) is 12.8 Å². The first-order valence-corrected chi connectivity index (χ1v) is 6.20. The Bertz CT molecular complexity index is 417. The molecule has 0 spiro atoms. The van der Waals surface area contributed by atoms with E-state index in [0.717, 1.165) is 18.7 Å². The Morgan fingerprint density at radius 3 is 3.00 bits per heavy atom. The summed E-state index contributed by atoms with van der Waals surface area (Å²) in [6.07, 6.45) is 1.39. The first kappa shape index (κ1) is 11.6. The zero-order valence-electron chi connectivity index (χ0n) is 8.72. The van der Waals surface area contributed by atoms with Crippen LogP contribution in [0.5, 0.6) is 0 Å². The minimum absolute atomic E-state index is 0.155. The fourth-order valence-corrected chi connectivity index (χ4v) is 2.13. The van der Waals surface area contributed by atoms with E-state index in [-0.39, 0.29) is 12.2 Å². The molecule has 0 radical (unpaired) electrons. The van der Waals surface area contributed by atoms with Crippen LogP contribution in [0, 0.1) is 0 Å². The van der Waals surface area contributed by atoms with Crippen LogP contribution >= 0.6 is 11.8 Å². The van der Waals surface area contributed by atoms with Crippen LogP contribution in [-0.4, -0.2) is 38.6 Å². The van der Waals surface area contributed by atoms with Gasteiger partial charge >= 0.3 is 0 Å². The van der Waals surface area contributed by atoms with Gasteiger partial charge in [0, 0.05) is 17.7 Å². The number of H-pyrrole nitrogens is 1. The van der Waals surface area contributed by atoms with E-state index in [2.05, 4.69) is 9.97 Å². The third kappa shape index (κ3) is 3.07. The molecule has 1 atom stereocenters. The van der Waals surface area contributed by atoms with E-state index in [1.165, 1.54) is 17.8 Å². The van der Waals surface area contributed by atoms with Gasteiger partial charge in [0.25, 0.3) is 5.56 Å². The summed E-state index contributed by atoms with van der Waals surface area (Å²) < 4.78 is 0. The van der Waals surface area contributed by atoms with Gasteiger partial charge in [-0.25, -0.2) is 4.98 Å².